The molecule has 1 heterocycles. The maximum absolute atomic E-state index is 10.6. The van der Waals surface area contributed by atoms with Gasteiger partial charge in [0.25, 0.3) is 0 Å². The van der Waals surface area contributed by atoms with Gasteiger partial charge in [-0.2, -0.15) is 0 Å². The fourth-order valence-electron chi connectivity index (χ4n) is 1.32. The second-order valence-corrected chi connectivity index (χ2v) is 3.64. The summed E-state index contributed by atoms with van der Waals surface area (Å²) in [6.45, 7) is 0.559. The van der Waals surface area contributed by atoms with Gasteiger partial charge in [-0.05, 0) is 18.6 Å². The van der Waals surface area contributed by atoms with Crippen LogP contribution in [-0.2, 0) is 9.53 Å². The van der Waals surface area contributed by atoms with Gasteiger partial charge in [0, 0.05) is 12.0 Å². The minimum Gasteiger partial charge on any atom is -0.362 e. The van der Waals surface area contributed by atoms with Crippen LogP contribution >= 0.6 is 0 Å². The Labute approximate surface area is 89.3 Å². The van der Waals surface area contributed by atoms with E-state index in [0.717, 1.165) is 11.8 Å². The number of benzene rings is 1. The molecule has 0 unspecified atom stereocenters. The minimum atomic E-state index is -0.495. The number of ether oxygens (including phenoxy) is 1. The standard InChI is InChI=1S/C13H12O2/c14-10-13(11-15-13)9-5-4-8-12-6-2-1-3-7-12/h1-3,6-7,10H,5,9,11H2/t13-/m1/s1. The fourth-order valence-corrected chi connectivity index (χ4v) is 1.32. The first kappa shape index (κ1) is 9.95. The van der Waals surface area contributed by atoms with E-state index in [2.05, 4.69) is 11.8 Å². The topological polar surface area (TPSA) is 29.6 Å². The molecule has 1 aromatic rings. The third-order valence-corrected chi connectivity index (χ3v) is 2.41. The number of carbonyl (C=O) groups is 1. The van der Waals surface area contributed by atoms with Crippen molar-refractivity contribution in [1.82, 2.24) is 0 Å². The average molecular weight is 200 g/mol. The van der Waals surface area contributed by atoms with Crippen LogP contribution in [-0.4, -0.2) is 18.5 Å². The van der Waals surface area contributed by atoms with E-state index in [1.807, 2.05) is 30.3 Å². The molecule has 1 saturated heterocycles. The first-order valence-corrected chi connectivity index (χ1v) is 4.99. The van der Waals surface area contributed by atoms with Crippen molar-refractivity contribution in [3.05, 3.63) is 35.9 Å². The molecular weight excluding hydrogens is 188 g/mol. The minimum absolute atomic E-state index is 0.495. The second kappa shape index (κ2) is 4.29. The van der Waals surface area contributed by atoms with Crippen molar-refractivity contribution < 1.29 is 9.53 Å². The molecule has 0 radical (unpaired) electrons. The van der Waals surface area contributed by atoms with Gasteiger partial charge in [-0.1, -0.05) is 30.0 Å². The Morgan fingerprint density at radius 2 is 2.13 bits per heavy atom. The summed E-state index contributed by atoms with van der Waals surface area (Å²) in [7, 11) is 0. The lowest BCUT2D eigenvalue weighted by Crippen LogP contribution is -2.11. The number of rotatable bonds is 3. The van der Waals surface area contributed by atoms with Crippen molar-refractivity contribution in [3.63, 3.8) is 0 Å². The third-order valence-electron chi connectivity index (χ3n) is 2.41. The highest BCUT2D eigenvalue weighted by atomic mass is 16.6. The molecule has 2 rings (SSSR count). The van der Waals surface area contributed by atoms with E-state index in [1.165, 1.54) is 0 Å². The van der Waals surface area contributed by atoms with E-state index < -0.39 is 5.60 Å². The van der Waals surface area contributed by atoms with Crippen molar-refractivity contribution in [2.24, 2.45) is 0 Å². The lowest BCUT2D eigenvalue weighted by atomic mass is 10.1. The number of hydrogen-bond donors (Lipinski definition) is 0. The highest BCUT2D eigenvalue weighted by molar-refractivity contribution is 5.66. The number of carbonyl (C=O) groups excluding carboxylic acids is 1. The van der Waals surface area contributed by atoms with Gasteiger partial charge in [-0.3, -0.25) is 0 Å². The van der Waals surface area contributed by atoms with Gasteiger partial charge in [-0.25, -0.2) is 0 Å². The van der Waals surface area contributed by atoms with Gasteiger partial charge in [-0.15, -0.1) is 0 Å². The monoisotopic (exact) mass is 200 g/mol. The Morgan fingerprint density at radius 3 is 2.73 bits per heavy atom. The van der Waals surface area contributed by atoms with Gasteiger partial charge in [0.1, 0.15) is 5.60 Å². The Kier molecular flexibility index (Phi) is 2.84. The summed E-state index contributed by atoms with van der Waals surface area (Å²) in [5.41, 5.74) is 0.514. The molecule has 0 saturated carbocycles. The van der Waals surface area contributed by atoms with E-state index in [0.29, 0.717) is 19.4 Å². The lowest BCUT2D eigenvalue weighted by Gasteiger charge is -1.96. The van der Waals surface area contributed by atoms with E-state index in [1.54, 1.807) is 0 Å². The first-order chi connectivity index (χ1) is 7.35. The summed E-state index contributed by atoms with van der Waals surface area (Å²) >= 11 is 0. The zero-order chi connectivity index (χ0) is 10.6. The number of hydrogen-bond acceptors (Lipinski definition) is 2. The summed E-state index contributed by atoms with van der Waals surface area (Å²) in [5.74, 6) is 6.09. The molecular formula is C13H12O2. The van der Waals surface area contributed by atoms with Gasteiger partial charge in [0.15, 0.2) is 6.29 Å². The molecule has 1 aliphatic rings. The summed E-state index contributed by atoms with van der Waals surface area (Å²) in [6, 6.07) is 9.82. The maximum Gasteiger partial charge on any atom is 0.154 e. The second-order valence-electron chi connectivity index (χ2n) is 3.64. The molecule has 0 bridgehead atoms. The molecule has 0 N–H and O–H groups in total. The number of aldehydes is 1. The van der Waals surface area contributed by atoms with Crippen LogP contribution in [0.15, 0.2) is 30.3 Å². The van der Waals surface area contributed by atoms with Crippen LogP contribution in [0.5, 0.6) is 0 Å². The van der Waals surface area contributed by atoms with E-state index in [4.69, 9.17) is 4.74 Å². The number of epoxide rings is 1. The summed E-state index contributed by atoms with van der Waals surface area (Å²) in [6.07, 6.45) is 2.29. The van der Waals surface area contributed by atoms with Crippen molar-refractivity contribution >= 4 is 6.29 Å². The molecule has 0 aromatic heterocycles. The predicted octanol–water partition coefficient (Wildman–Crippen LogP) is 1.79. The molecule has 1 fully saturated rings. The molecule has 1 aliphatic heterocycles. The first-order valence-electron chi connectivity index (χ1n) is 4.99. The highest BCUT2D eigenvalue weighted by Crippen LogP contribution is 2.29. The van der Waals surface area contributed by atoms with Gasteiger partial charge >= 0.3 is 0 Å². The molecule has 1 atom stereocenters. The van der Waals surface area contributed by atoms with Crippen molar-refractivity contribution in [2.75, 3.05) is 6.61 Å². The molecule has 0 aliphatic carbocycles. The molecule has 15 heavy (non-hydrogen) atoms. The smallest absolute Gasteiger partial charge is 0.154 e. The summed E-state index contributed by atoms with van der Waals surface area (Å²) in [4.78, 5) is 10.6. The fraction of sp³-hybridized carbons (Fsp3) is 0.308. The molecule has 0 spiro atoms. The Bertz CT molecular complexity index is 394. The van der Waals surface area contributed by atoms with Gasteiger partial charge < -0.3 is 9.53 Å². The maximum atomic E-state index is 10.6. The van der Waals surface area contributed by atoms with Crippen LogP contribution in [0, 0.1) is 11.8 Å². The largest absolute Gasteiger partial charge is 0.362 e. The van der Waals surface area contributed by atoms with E-state index >= 15 is 0 Å². The third kappa shape index (κ3) is 2.68. The van der Waals surface area contributed by atoms with Crippen LogP contribution in [0.3, 0.4) is 0 Å². The van der Waals surface area contributed by atoms with Gasteiger partial charge in [0.2, 0.25) is 0 Å². The molecule has 0 amide bonds. The van der Waals surface area contributed by atoms with Crippen LogP contribution in [0.4, 0.5) is 0 Å². The van der Waals surface area contributed by atoms with Crippen molar-refractivity contribution in [2.45, 2.75) is 18.4 Å². The van der Waals surface area contributed by atoms with Crippen LogP contribution < -0.4 is 0 Å². The SMILES string of the molecule is O=C[C@]1(CCC#Cc2ccccc2)CO1. The quantitative estimate of drug-likeness (QED) is 0.423. The van der Waals surface area contributed by atoms with Crippen LogP contribution in [0.25, 0.3) is 0 Å². The summed E-state index contributed by atoms with van der Waals surface area (Å²) in [5, 5.41) is 0. The predicted molar refractivity (Wildman–Crippen MR) is 57.3 cm³/mol. The molecule has 2 nitrogen and oxygen atoms in total. The van der Waals surface area contributed by atoms with Gasteiger partial charge in [0.05, 0.1) is 6.61 Å². The van der Waals surface area contributed by atoms with Crippen molar-refractivity contribution in [1.29, 1.82) is 0 Å². The zero-order valence-corrected chi connectivity index (χ0v) is 8.40. The van der Waals surface area contributed by atoms with E-state index in [9.17, 15) is 4.79 Å². The molecule has 76 valence electrons. The normalized spacial score (nSPS) is 22.7. The zero-order valence-electron chi connectivity index (χ0n) is 8.40. The Balaban J connectivity index is 1.84. The van der Waals surface area contributed by atoms with Crippen LogP contribution in [0.2, 0.25) is 0 Å². The van der Waals surface area contributed by atoms with Crippen molar-refractivity contribution in [3.8, 4) is 11.8 Å². The Hall–Kier alpha value is -1.59. The highest BCUT2D eigenvalue weighted by Gasteiger charge is 2.43. The average Bonchev–Trinajstić information content (AvgIpc) is 3.07. The summed E-state index contributed by atoms with van der Waals surface area (Å²) < 4.78 is 5.06. The van der Waals surface area contributed by atoms with E-state index in [-0.39, 0.29) is 0 Å². The molecule has 2 heteroatoms. The van der Waals surface area contributed by atoms with Crippen LogP contribution in [0.1, 0.15) is 18.4 Å². The Morgan fingerprint density at radius 1 is 1.40 bits per heavy atom. The molecule has 1 aromatic carbocycles. The lowest BCUT2D eigenvalue weighted by molar-refractivity contribution is -0.112.